The summed E-state index contributed by atoms with van der Waals surface area (Å²) in [5, 5.41) is 32.3. The molecule has 1 heterocycles. The fraction of sp³-hybridized carbons (Fsp3) is 0.727. The Balaban J connectivity index is 3.01. The number of hydrogen-bond donors (Lipinski definition) is 11. The van der Waals surface area contributed by atoms with Crippen LogP contribution in [0.15, 0.2) is 4.99 Å². The Labute approximate surface area is 324 Å². The van der Waals surface area contributed by atoms with Crippen LogP contribution in [-0.2, 0) is 38.4 Å². The van der Waals surface area contributed by atoms with Gasteiger partial charge in [-0.15, -0.1) is 0 Å². The molecule has 7 amide bonds. The van der Waals surface area contributed by atoms with Crippen LogP contribution in [0.3, 0.4) is 0 Å². The molecule has 1 aliphatic heterocycles. The molecule has 0 aromatic carbocycles. The molecule has 312 valence electrons. The number of nitrogens with two attached hydrogens (primary N) is 4. The number of primary amides is 1. The van der Waals surface area contributed by atoms with Crippen molar-refractivity contribution in [3.8, 4) is 0 Å². The third kappa shape index (κ3) is 18.0. The Hall–Kier alpha value is -4.70. The van der Waals surface area contributed by atoms with Crippen LogP contribution in [0.2, 0.25) is 0 Å². The lowest BCUT2D eigenvalue weighted by atomic mass is 10.0. The predicted octanol–water partition coefficient (Wildman–Crippen LogP) is -4.06. The molecule has 7 atom stereocenters. The zero-order valence-electron chi connectivity index (χ0n) is 31.9. The number of thioether (sulfide) groups is 1. The molecular formula is C33H59N11O10S. The Morgan fingerprint density at radius 3 is 2.04 bits per heavy atom. The van der Waals surface area contributed by atoms with Crippen molar-refractivity contribution in [1.29, 1.82) is 0 Å². The Morgan fingerprint density at radius 2 is 1.47 bits per heavy atom. The second-order valence-electron chi connectivity index (χ2n) is 13.7. The van der Waals surface area contributed by atoms with Gasteiger partial charge in [0.15, 0.2) is 5.96 Å². The number of carboxylic acids is 1. The lowest BCUT2D eigenvalue weighted by molar-refractivity contribution is -0.150. The highest BCUT2D eigenvalue weighted by Crippen LogP contribution is 2.19. The minimum atomic E-state index is -1.57. The number of rotatable bonds is 25. The average Bonchev–Trinajstić information content (AvgIpc) is 3.61. The molecule has 15 N–H and O–H groups in total. The molecule has 0 unspecified atom stereocenters. The summed E-state index contributed by atoms with van der Waals surface area (Å²) in [7, 11) is 0. The van der Waals surface area contributed by atoms with E-state index in [1.807, 2.05) is 20.1 Å². The third-order valence-corrected chi connectivity index (χ3v) is 9.15. The van der Waals surface area contributed by atoms with Gasteiger partial charge in [0.05, 0.1) is 18.7 Å². The summed E-state index contributed by atoms with van der Waals surface area (Å²) in [6, 6.07) is -7.28. The van der Waals surface area contributed by atoms with E-state index in [1.54, 1.807) is 0 Å². The van der Waals surface area contributed by atoms with Crippen LogP contribution in [0.4, 0.5) is 0 Å². The number of aliphatic hydroxyl groups excluding tert-OH is 1. The number of carboxylic acid groups (broad SMARTS) is 1. The van der Waals surface area contributed by atoms with Gasteiger partial charge >= 0.3 is 5.97 Å². The molecule has 1 saturated heterocycles. The van der Waals surface area contributed by atoms with Crippen LogP contribution >= 0.6 is 11.8 Å². The molecule has 0 aliphatic carbocycles. The number of guanidine groups is 1. The van der Waals surface area contributed by atoms with Gasteiger partial charge in [-0.2, -0.15) is 11.8 Å². The first-order valence-electron chi connectivity index (χ1n) is 18.1. The van der Waals surface area contributed by atoms with E-state index in [2.05, 4.69) is 31.6 Å². The summed E-state index contributed by atoms with van der Waals surface area (Å²) in [5.41, 5.74) is 21.9. The summed E-state index contributed by atoms with van der Waals surface area (Å²) >= 11 is 1.44. The lowest BCUT2D eigenvalue weighted by Crippen LogP contribution is -2.59. The van der Waals surface area contributed by atoms with Gasteiger partial charge in [0, 0.05) is 19.5 Å². The predicted molar refractivity (Wildman–Crippen MR) is 204 cm³/mol. The van der Waals surface area contributed by atoms with Crippen molar-refractivity contribution in [2.75, 3.05) is 31.6 Å². The van der Waals surface area contributed by atoms with Gasteiger partial charge < -0.3 is 64.6 Å². The van der Waals surface area contributed by atoms with Gasteiger partial charge in [0.2, 0.25) is 41.4 Å². The molecule has 21 nitrogen and oxygen atoms in total. The second-order valence-corrected chi connectivity index (χ2v) is 14.7. The molecule has 0 radical (unpaired) electrons. The van der Waals surface area contributed by atoms with Crippen molar-refractivity contribution >= 4 is 65.0 Å². The first-order chi connectivity index (χ1) is 25.8. The zero-order valence-corrected chi connectivity index (χ0v) is 32.7. The number of aliphatic carboxylic acids is 1. The molecule has 0 aromatic rings. The van der Waals surface area contributed by atoms with Gasteiger partial charge in [0.25, 0.3) is 0 Å². The summed E-state index contributed by atoms with van der Waals surface area (Å²) < 4.78 is 0. The smallest absolute Gasteiger partial charge is 0.326 e. The summed E-state index contributed by atoms with van der Waals surface area (Å²) in [4.78, 5) is 107. The third-order valence-electron chi connectivity index (χ3n) is 8.51. The van der Waals surface area contributed by atoms with Gasteiger partial charge in [-0.1, -0.05) is 13.8 Å². The molecule has 55 heavy (non-hydrogen) atoms. The van der Waals surface area contributed by atoms with E-state index in [4.69, 9.17) is 22.9 Å². The molecule has 1 fully saturated rings. The van der Waals surface area contributed by atoms with E-state index < -0.39 is 96.2 Å². The minimum Gasteiger partial charge on any atom is -0.480 e. The van der Waals surface area contributed by atoms with Gasteiger partial charge in [0.1, 0.15) is 30.2 Å². The van der Waals surface area contributed by atoms with Gasteiger partial charge in [-0.25, -0.2) is 4.79 Å². The first kappa shape index (κ1) is 48.3. The highest BCUT2D eigenvalue weighted by atomic mass is 32.2. The molecule has 0 bridgehead atoms. The molecule has 1 rings (SSSR count). The lowest BCUT2D eigenvalue weighted by Gasteiger charge is -2.30. The maximum atomic E-state index is 13.4. The normalized spacial score (nSPS) is 17.1. The fourth-order valence-electron chi connectivity index (χ4n) is 5.61. The van der Waals surface area contributed by atoms with Crippen molar-refractivity contribution in [2.24, 2.45) is 33.8 Å². The van der Waals surface area contributed by atoms with E-state index in [-0.39, 0.29) is 63.5 Å². The first-order valence-corrected chi connectivity index (χ1v) is 19.5. The Bertz CT molecular complexity index is 1380. The van der Waals surface area contributed by atoms with Crippen LogP contribution < -0.4 is 49.5 Å². The fourth-order valence-corrected chi connectivity index (χ4v) is 6.08. The van der Waals surface area contributed by atoms with E-state index in [1.165, 1.54) is 18.7 Å². The van der Waals surface area contributed by atoms with Crippen molar-refractivity contribution < 1.29 is 48.6 Å². The monoisotopic (exact) mass is 801 g/mol. The number of nitrogens with zero attached hydrogens (tertiary/aromatic N) is 2. The molecule has 1 aliphatic rings. The number of hydrogen-bond acceptors (Lipinski definition) is 12. The second kappa shape index (κ2) is 24.7. The number of likely N-dealkylation sites (tertiary alicyclic amines) is 1. The van der Waals surface area contributed by atoms with E-state index in [0.717, 1.165) is 4.90 Å². The van der Waals surface area contributed by atoms with Crippen LogP contribution in [-0.4, -0.2) is 142 Å². The number of aliphatic hydroxyl groups is 1. The number of nitrogens with one attached hydrogen (secondary N) is 5. The topological polar surface area (TPSA) is 357 Å². The maximum absolute atomic E-state index is 13.4. The minimum absolute atomic E-state index is 0.0897. The highest BCUT2D eigenvalue weighted by Gasteiger charge is 2.40. The zero-order chi connectivity index (χ0) is 41.8. The summed E-state index contributed by atoms with van der Waals surface area (Å²) in [6.45, 7) is 4.54. The highest BCUT2D eigenvalue weighted by molar-refractivity contribution is 7.98. The summed E-state index contributed by atoms with van der Waals surface area (Å²) in [6.07, 6.45) is 1.35. The van der Waals surface area contributed by atoms with E-state index in [9.17, 15) is 48.6 Å². The van der Waals surface area contributed by atoms with Crippen LogP contribution in [0.5, 0.6) is 0 Å². The Kier molecular flexibility index (Phi) is 21.7. The number of aliphatic imine (C=N–C) groups is 1. The van der Waals surface area contributed by atoms with E-state index in [0.29, 0.717) is 18.6 Å². The molecular weight excluding hydrogens is 742 g/mol. The quantitative estimate of drug-likeness (QED) is 0.0238. The largest absolute Gasteiger partial charge is 0.480 e. The van der Waals surface area contributed by atoms with E-state index >= 15 is 0 Å². The van der Waals surface area contributed by atoms with Gasteiger partial charge in [-0.05, 0) is 69.8 Å². The Morgan fingerprint density at radius 1 is 0.855 bits per heavy atom. The average molecular weight is 802 g/mol. The molecule has 0 saturated carbocycles. The number of carbonyl (C=O) groups excluding carboxylic acids is 7. The number of amides is 7. The van der Waals surface area contributed by atoms with Crippen LogP contribution in [0.25, 0.3) is 0 Å². The summed E-state index contributed by atoms with van der Waals surface area (Å²) in [5.74, 6) is -6.36. The SMILES string of the molecule is CSCC[C@H](NC(=O)[C@@H](N)CCCN=C(N)N)C(=O)N[C@@H](CC(C)C)C(=O)NCC(=O)N[C@@H](CCC(N)=O)C(=O)N[C@H](C(=O)N1CCC[C@H]1C(=O)O)[C@@H](C)O. The van der Waals surface area contributed by atoms with Crippen molar-refractivity contribution in [2.45, 2.75) is 114 Å². The van der Waals surface area contributed by atoms with Crippen molar-refractivity contribution in [3.05, 3.63) is 0 Å². The maximum Gasteiger partial charge on any atom is 0.326 e. The number of carbonyl (C=O) groups is 8. The van der Waals surface area contributed by atoms with Crippen LogP contribution in [0.1, 0.15) is 72.1 Å². The molecule has 0 spiro atoms. The molecule has 0 aromatic heterocycles. The standard InChI is InChI=1S/C33H59N11O10S/c1-17(2)15-22(42-29(50)21(11-14-55-4)41-27(48)19(34)7-5-12-38-33(36)37)28(49)39-16-25(47)40-20(9-10-24(35)46)30(51)43-26(18(3)45)31(52)44-13-6-8-23(44)32(53)54/h17-23,26,45H,5-16,34H2,1-4H3,(H2,35,46)(H,39,49)(H,40,47)(H,41,48)(H,42,50)(H,43,51)(H,53,54)(H4,36,37,38)/t18-,19+,20+,21+,22+,23+,26+/m1/s1. The van der Waals surface area contributed by atoms with Crippen molar-refractivity contribution in [3.63, 3.8) is 0 Å². The molecule has 22 heteroatoms. The van der Waals surface area contributed by atoms with Crippen LogP contribution in [0, 0.1) is 5.92 Å². The van der Waals surface area contributed by atoms with Crippen molar-refractivity contribution in [1.82, 2.24) is 31.5 Å². The van der Waals surface area contributed by atoms with Gasteiger partial charge in [-0.3, -0.25) is 38.6 Å².